The van der Waals surface area contributed by atoms with Crippen LogP contribution in [-0.4, -0.2) is 35.6 Å². The van der Waals surface area contributed by atoms with Crippen molar-refractivity contribution in [1.29, 1.82) is 0 Å². The second-order valence-electron chi connectivity index (χ2n) is 5.79. The van der Waals surface area contributed by atoms with Gasteiger partial charge in [-0.1, -0.05) is 12.8 Å². The summed E-state index contributed by atoms with van der Waals surface area (Å²) in [6.45, 7) is 5.18. The Labute approximate surface area is 114 Å². The molecule has 5 nitrogen and oxygen atoms in total. The predicted octanol–water partition coefficient (Wildman–Crippen LogP) is 1.51. The van der Waals surface area contributed by atoms with Crippen molar-refractivity contribution in [3.63, 3.8) is 0 Å². The van der Waals surface area contributed by atoms with Crippen LogP contribution in [0.15, 0.2) is 6.07 Å². The molecule has 1 aliphatic carbocycles. The summed E-state index contributed by atoms with van der Waals surface area (Å²) >= 11 is 0. The molecule has 3 rings (SSSR count). The van der Waals surface area contributed by atoms with Gasteiger partial charge in [-0.05, 0) is 19.8 Å². The van der Waals surface area contributed by atoms with Gasteiger partial charge >= 0.3 is 0 Å². The summed E-state index contributed by atoms with van der Waals surface area (Å²) in [6, 6.07) is 2.66. The number of nitrogen functional groups attached to an aromatic ring is 1. The molecule has 1 saturated carbocycles. The Morgan fingerprint density at radius 1 is 1.32 bits per heavy atom. The van der Waals surface area contributed by atoms with Crippen LogP contribution < -0.4 is 16.0 Å². The zero-order valence-corrected chi connectivity index (χ0v) is 11.6. The molecular weight excluding hydrogens is 238 g/mol. The van der Waals surface area contributed by atoms with Gasteiger partial charge in [0.25, 0.3) is 0 Å². The Hall–Kier alpha value is -1.36. The lowest BCUT2D eigenvalue weighted by atomic mass is 10.0. The molecule has 19 heavy (non-hydrogen) atoms. The van der Waals surface area contributed by atoms with E-state index in [9.17, 15) is 0 Å². The minimum atomic E-state index is 0.422. The molecule has 0 spiro atoms. The molecule has 1 unspecified atom stereocenters. The summed E-state index contributed by atoms with van der Waals surface area (Å²) in [7, 11) is 0. The van der Waals surface area contributed by atoms with Gasteiger partial charge in [-0.3, -0.25) is 0 Å². The van der Waals surface area contributed by atoms with Gasteiger partial charge < -0.3 is 16.0 Å². The smallest absolute Gasteiger partial charge is 0.222 e. The van der Waals surface area contributed by atoms with Gasteiger partial charge in [0, 0.05) is 37.7 Å². The third kappa shape index (κ3) is 2.81. The minimum Gasteiger partial charge on any atom is -0.368 e. The number of hydrogen-bond acceptors (Lipinski definition) is 5. The van der Waals surface area contributed by atoms with Crippen molar-refractivity contribution < 1.29 is 0 Å². The molecule has 5 heteroatoms. The number of anilines is 2. The van der Waals surface area contributed by atoms with Crippen molar-refractivity contribution in [1.82, 2.24) is 15.3 Å². The van der Waals surface area contributed by atoms with Crippen LogP contribution >= 0.6 is 0 Å². The Morgan fingerprint density at radius 2 is 2.11 bits per heavy atom. The number of nitrogens with two attached hydrogens (primary N) is 1. The first kappa shape index (κ1) is 12.7. The average Bonchev–Trinajstić information content (AvgIpc) is 2.92. The third-order valence-corrected chi connectivity index (χ3v) is 4.22. The molecule has 1 aromatic heterocycles. The van der Waals surface area contributed by atoms with Crippen LogP contribution in [0.5, 0.6) is 0 Å². The SMILES string of the molecule is CC1CN(c2cc(C3CCCC3)nc(N)n2)CCN1. The predicted molar refractivity (Wildman–Crippen MR) is 77.3 cm³/mol. The number of nitrogens with one attached hydrogen (secondary N) is 1. The molecule has 104 valence electrons. The van der Waals surface area contributed by atoms with Crippen LogP contribution in [0.3, 0.4) is 0 Å². The van der Waals surface area contributed by atoms with Crippen LogP contribution in [0.1, 0.15) is 44.2 Å². The van der Waals surface area contributed by atoms with Crippen LogP contribution in [0.2, 0.25) is 0 Å². The normalized spacial score (nSPS) is 24.9. The molecule has 1 atom stereocenters. The maximum absolute atomic E-state index is 5.90. The maximum Gasteiger partial charge on any atom is 0.222 e. The van der Waals surface area contributed by atoms with Gasteiger partial charge in [-0.25, -0.2) is 4.98 Å². The lowest BCUT2D eigenvalue weighted by Crippen LogP contribution is -2.49. The molecule has 0 aromatic carbocycles. The first-order chi connectivity index (χ1) is 9.22. The summed E-state index contributed by atoms with van der Waals surface area (Å²) in [5.74, 6) is 2.01. The second kappa shape index (κ2) is 5.33. The Bertz CT molecular complexity index is 441. The number of nitrogens with zero attached hydrogens (tertiary/aromatic N) is 3. The standard InChI is InChI=1S/C14H23N5/c1-10-9-19(7-6-16-10)13-8-12(17-14(15)18-13)11-4-2-3-5-11/h8,10-11,16H,2-7,9H2,1H3,(H2,15,17,18). The maximum atomic E-state index is 5.90. The number of aromatic nitrogens is 2. The topological polar surface area (TPSA) is 67.1 Å². The highest BCUT2D eigenvalue weighted by Crippen LogP contribution is 2.34. The van der Waals surface area contributed by atoms with E-state index in [-0.39, 0.29) is 0 Å². The number of hydrogen-bond donors (Lipinski definition) is 2. The van der Waals surface area contributed by atoms with Crippen molar-refractivity contribution in [2.75, 3.05) is 30.3 Å². The molecular formula is C14H23N5. The van der Waals surface area contributed by atoms with E-state index in [1.54, 1.807) is 0 Å². The van der Waals surface area contributed by atoms with Crippen molar-refractivity contribution in [2.24, 2.45) is 0 Å². The van der Waals surface area contributed by atoms with Gasteiger partial charge in [0.2, 0.25) is 5.95 Å². The zero-order chi connectivity index (χ0) is 13.2. The number of piperazine rings is 1. The lowest BCUT2D eigenvalue weighted by molar-refractivity contribution is 0.482. The fourth-order valence-corrected chi connectivity index (χ4v) is 3.20. The molecule has 1 aliphatic heterocycles. The Kier molecular flexibility index (Phi) is 3.55. The summed E-state index contributed by atoms with van der Waals surface area (Å²) < 4.78 is 0. The number of rotatable bonds is 2. The summed E-state index contributed by atoms with van der Waals surface area (Å²) in [5, 5.41) is 3.45. The van der Waals surface area contributed by atoms with E-state index < -0.39 is 0 Å². The minimum absolute atomic E-state index is 0.422. The summed E-state index contributed by atoms with van der Waals surface area (Å²) in [5.41, 5.74) is 7.05. The summed E-state index contributed by atoms with van der Waals surface area (Å²) in [4.78, 5) is 11.2. The highest BCUT2D eigenvalue weighted by atomic mass is 15.3. The van der Waals surface area contributed by atoms with E-state index in [2.05, 4.69) is 33.2 Å². The highest BCUT2D eigenvalue weighted by molar-refractivity contribution is 5.45. The lowest BCUT2D eigenvalue weighted by Gasteiger charge is -2.33. The highest BCUT2D eigenvalue weighted by Gasteiger charge is 2.22. The molecule has 0 radical (unpaired) electrons. The van der Waals surface area contributed by atoms with E-state index >= 15 is 0 Å². The van der Waals surface area contributed by atoms with E-state index in [4.69, 9.17) is 5.73 Å². The third-order valence-electron chi connectivity index (χ3n) is 4.22. The van der Waals surface area contributed by atoms with Crippen LogP contribution in [0.25, 0.3) is 0 Å². The van der Waals surface area contributed by atoms with Gasteiger partial charge in [0.1, 0.15) is 5.82 Å². The first-order valence-corrected chi connectivity index (χ1v) is 7.35. The molecule has 1 saturated heterocycles. The van der Waals surface area contributed by atoms with E-state index in [1.165, 1.54) is 25.7 Å². The van der Waals surface area contributed by atoms with Crippen molar-refractivity contribution in [2.45, 2.75) is 44.6 Å². The molecule has 2 heterocycles. The van der Waals surface area contributed by atoms with Crippen LogP contribution in [0.4, 0.5) is 11.8 Å². The van der Waals surface area contributed by atoms with Gasteiger partial charge in [-0.2, -0.15) is 4.98 Å². The fourth-order valence-electron chi connectivity index (χ4n) is 3.20. The van der Waals surface area contributed by atoms with Gasteiger partial charge in [-0.15, -0.1) is 0 Å². The van der Waals surface area contributed by atoms with Crippen LogP contribution in [-0.2, 0) is 0 Å². The zero-order valence-electron chi connectivity index (χ0n) is 11.6. The van der Waals surface area contributed by atoms with E-state index in [0.29, 0.717) is 17.9 Å². The van der Waals surface area contributed by atoms with Gasteiger partial charge in [0.15, 0.2) is 0 Å². The first-order valence-electron chi connectivity index (χ1n) is 7.35. The molecule has 3 N–H and O–H groups in total. The molecule has 0 amide bonds. The Morgan fingerprint density at radius 3 is 2.84 bits per heavy atom. The van der Waals surface area contributed by atoms with E-state index in [0.717, 1.165) is 31.1 Å². The Balaban J connectivity index is 1.84. The average molecular weight is 261 g/mol. The second-order valence-corrected chi connectivity index (χ2v) is 5.79. The monoisotopic (exact) mass is 261 g/mol. The largest absolute Gasteiger partial charge is 0.368 e. The molecule has 0 bridgehead atoms. The van der Waals surface area contributed by atoms with Crippen molar-refractivity contribution >= 4 is 11.8 Å². The quantitative estimate of drug-likeness (QED) is 0.845. The van der Waals surface area contributed by atoms with Crippen LogP contribution in [0, 0.1) is 0 Å². The van der Waals surface area contributed by atoms with Crippen molar-refractivity contribution in [3.05, 3.63) is 11.8 Å². The summed E-state index contributed by atoms with van der Waals surface area (Å²) in [6.07, 6.45) is 5.12. The fraction of sp³-hybridized carbons (Fsp3) is 0.714. The molecule has 1 aromatic rings. The van der Waals surface area contributed by atoms with E-state index in [1.807, 2.05) is 0 Å². The molecule has 2 aliphatic rings. The van der Waals surface area contributed by atoms with Gasteiger partial charge in [0.05, 0.1) is 5.69 Å². The molecule has 2 fully saturated rings. The van der Waals surface area contributed by atoms with Crippen molar-refractivity contribution in [3.8, 4) is 0 Å².